The van der Waals surface area contributed by atoms with Crippen LogP contribution in [-0.4, -0.2) is 13.3 Å². The molecule has 0 spiro atoms. The number of halogens is 3. The topological polar surface area (TPSA) is 21.3 Å². The molecule has 0 bridgehead atoms. The summed E-state index contributed by atoms with van der Waals surface area (Å²) in [4.78, 5) is 0. The minimum atomic E-state index is -4.31. The maximum atomic E-state index is 12.5. The van der Waals surface area contributed by atoms with E-state index < -0.39 is 11.7 Å². The fraction of sp³-hybridized carbons (Fsp3) is 0.478. The van der Waals surface area contributed by atoms with E-state index in [1.807, 2.05) is 6.08 Å². The lowest BCUT2D eigenvalue weighted by atomic mass is 10.1. The van der Waals surface area contributed by atoms with E-state index in [0.29, 0.717) is 12.3 Å². The summed E-state index contributed by atoms with van der Waals surface area (Å²) < 4.78 is 43.0. The first-order valence-corrected chi connectivity index (χ1v) is 9.62. The van der Waals surface area contributed by atoms with E-state index in [1.54, 1.807) is 0 Å². The Labute approximate surface area is 167 Å². The van der Waals surface area contributed by atoms with Gasteiger partial charge >= 0.3 is 6.18 Å². The van der Waals surface area contributed by atoms with Gasteiger partial charge in [0.05, 0.1) is 12.2 Å². The molecular formula is C23H32F3NO. The molecular weight excluding hydrogens is 363 g/mol. The van der Waals surface area contributed by atoms with Crippen LogP contribution >= 0.6 is 0 Å². The molecule has 1 aromatic carbocycles. The largest absolute Gasteiger partial charge is 0.416 e. The van der Waals surface area contributed by atoms with E-state index in [-0.39, 0.29) is 6.73 Å². The van der Waals surface area contributed by atoms with Crippen LogP contribution in [0.25, 0.3) is 0 Å². The zero-order valence-corrected chi connectivity index (χ0v) is 17.3. The summed E-state index contributed by atoms with van der Waals surface area (Å²) in [6.07, 6.45) is 6.51. The molecule has 0 aliphatic carbocycles. The Balaban J connectivity index is 2.22. The van der Waals surface area contributed by atoms with Crippen molar-refractivity contribution in [3.05, 3.63) is 64.8 Å². The number of alkyl halides is 3. The summed E-state index contributed by atoms with van der Waals surface area (Å²) in [5.41, 5.74) is 3.99. The van der Waals surface area contributed by atoms with Crippen molar-refractivity contribution in [2.24, 2.45) is 0 Å². The highest BCUT2D eigenvalue weighted by atomic mass is 19.4. The van der Waals surface area contributed by atoms with E-state index >= 15 is 0 Å². The van der Waals surface area contributed by atoms with E-state index in [2.05, 4.69) is 45.2 Å². The number of anilines is 1. The maximum absolute atomic E-state index is 12.5. The Hall–Kier alpha value is -2.01. The molecule has 2 nitrogen and oxygen atoms in total. The Morgan fingerprint density at radius 3 is 2.04 bits per heavy atom. The number of allylic oxidation sites excluding steroid dienone is 5. The molecule has 1 rings (SSSR count). The summed E-state index contributed by atoms with van der Waals surface area (Å²) in [5, 5.41) is 2.95. The van der Waals surface area contributed by atoms with Crippen LogP contribution in [0.15, 0.2) is 59.2 Å². The van der Waals surface area contributed by atoms with Crippen LogP contribution in [0.5, 0.6) is 0 Å². The lowest BCUT2D eigenvalue weighted by Crippen LogP contribution is -2.08. The van der Waals surface area contributed by atoms with Gasteiger partial charge in [-0.25, -0.2) is 0 Å². The third kappa shape index (κ3) is 11.0. The van der Waals surface area contributed by atoms with Gasteiger partial charge < -0.3 is 10.1 Å². The van der Waals surface area contributed by atoms with Crippen molar-refractivity contribution in [1.82, 2.24) is 0 Å². The molecule has 0 saturated carbocycles. The molecule has 1 N–H and O–H groups in total. The Morgan fingerprint density at radius 2 is 1.46 bits per heavy atom. The molecule has 0 aliphatic heterocycles. The summed E-state index contributed by atoms with van der Waals surface area (Å²) in [6.45, 7) is 9.22. The summed E-state index contributed by atoms with van der Waals surface area (Å²) in [6, 6.07) is 4.92. The van der Waals surface area contributed by atoms with Gasteiger partial charge in [-0.3, -0.25) is 0 Å². The second-order valence-corrected chi connectivity index (χ2v) is 7.23. The molecule has 0 radical (unpaired) electrons. The number of ether oxygens (including phenoxy) is 1. The van der Waals surface area contributed by atoms with Crippen molar-refractivity contribution in [1.29, 1.82) is 0 Å². The SMILES string of the molecule is CC(C)=CCCC(C)=CCCC(C)=CCOCNc1ccc(C(F)(F)F)cc1. The predicted molar refractivity (Wildman–Crippen MR) is 111 cm³/mol. The average molecular weight is 396 g/mol. The highest BCUT2D eigenvalue weighted by Crippen LogP contribution is 2.29. The lowest BCUT2D eigenvalue weighted by Gasteiger charge is -2.09. The highest BCUT2D eigenvalue weighted by Gasteiger charge is 2.29. The molecule has 0 heterocycles. The molecule has 28 heavy (non-hydrogen) atoms. The van der Waals surface area contributed by atoms with Crippen molar-refractivity contribution in [2.45, 2.75) is 59.6 Å². The summed E-state index contributed by atoms with van der Waals surface area (Å²) in [5.74, 6) is 0. The fourth-order valence-electron chi connectivity index (χ4n) is 2.51. The molecule has 0 saturated heterocycles. The summed E-state index contributed by atoms with van der Waals surface area (Å²) in [7, 11) is 0. The zero-order valence-electron chi connectivity index (χ0n) is 17.3. The quantitative estimate of drug-likeness (QED) is 0.238. The van der Waals surface area contributed by atoms with Gasteiger partial charge in [0, 0.05) is 5.69 Å². The van der Waals surface area contributed by atoms with E-state index in [9.17, 15) is 13.2 Å². The van der Waals surface area contributed by atoms with E-state index in [0.717, 1.165) is 37.8 Å². The van der Waals surface area contributed by atoms with Crippen LogP contribution in [0, 0.1) is 0 Å². The zero-order chi connectivity index (χ0) is 21.0. The minimum Gasteiger partial charge on any atom is -0.363 e. The molecule has 0 unspecified atom stereocenters. The minimum absolute atomic E-state index is 0.249. The molecule has 0 atom stereocenters. The van der Waals surface area contributed by atoms with Crippen LogP contribution in [0.2, 0.25) is 0 Å². The monoisotopic (exact) mass is 395 g/mol. The Bertz CT molecular complexity index is 666. The van der Waals surface area contributed by atoms with Gasteiger partial charge in [0.2, 0.25) is 0 Å². The number of nitrogens with one attached hydrogen (secondary N) is 1. The van der Waals surface area contributed by atoms with Crippen molar-refractivity contribution >= 4 is 5.69 Å². The van der Waals surface area contributed by atoms with Crippen LogP contribution in [0.1, 0.15) is 58.9 Å². The van der Waals surface area contributed by atoms with Gasteiger partial charge in [-0.15, -0.1) is 0 Å². The number of hydrogen-bond donors (Lipinski definition) is 1. The van der Waals surface area contributed by atoms with Crippen LogP contribution in [-0.2, 0) is 10.9 Å². The molecule has 0 amide bonds. The van der Waals surface area contributed by atoms with Gasteiger partial charge in [-0.2, -0.15) is 13.2 Å². The second-order valence-electron chi connectivity index (χ2n) is 7.23. The van der Waals surface area contributed by atoms with Crippen molar-refractivity contribution < 1.29 is 17.9 Å². The number of rotatable bonds is 11. The molecule has 0 aliphatic rings. The summed E-state index contributed by atoms with van der Waals surface area (Å²) >= 11 is 0. The van der Waals surface area contributed by atoms with Crippen LogP contribution in [0.3, 0.4) is 0 Å². The first kappa shape index (κ1) is 24.0. The Morgan fingerprint density at radius 1 is 0.893 bits per heavy atom. The number of benzene rings is 1. The van der Waals surface area contributed by atoms with Crippen molar-refractivity contribution in [3.63, 3.8) is 0 Å². The third-order valence-corrected chi connectivity index (χ3v) is 4.26. The third-order valence-electron chi connectivity index (χ3n) is 4.26. The average Bonchev–Trinajstić information content (AvgIpc) is 2.60. The van der Waals surface area contributed by atoms with Gasteiger partial charge in [0.1, 0.15) is 6.73 Å². The van der Waals surface area contributed by atoms with Gasteiger partial charge in [-0.05, 0) is 77.6 Å². The standard InChI is InChI=1S/C23H32F3NO/c1-18(2)7-5-8-19(3)9-6-10-20(4)15-16-28-17-27-22-13-11-21(12-14-22)23(24,25)26/h7,9,11-15,27H,5-6,8,10,16-17H2,1-4H3. The molecule has 0 fully saturated rings. The van der Waals surface area contributed by atoms with E-state index in [4.69, 9.17) is 4.74 Å². The van der Waals surface area contributed by atoms with Crippen molar-refractivity contribution in [3.8, 4) is 0 Å². The molecule has 5 heteroatoms. The maximum Gasteiger partial charge on any atom is 0.416 e. The smallest absolute Gasteiger partial charge is 0.363 e. The molecule has 156 valence electrons. The first-order chi connectivity index (χ1) is 13.2. The van der Waals surface area contributed by atoms with E-state index in [1.165, 1.54) is 28.9 Å². The molecule has 0 aromatic heterocycles. The normalized spacial score (nSPS) is 12.8. The van der Waals surface area contributed by atoms with Gasteiger partial charge in [-0.1, -0.05) is 34.9 Å². The van der Waals surface area contributed by atoms with Crippen LogP contribution < -0.4 is 5.32 Å². The molecule has 1 aromatic rings. The lowest BCUT2D eigenvalue weighted by molar-refractivity contribution is -0.137. The predicted octanol–water partition coefficient (Wildman–Crippen LogP) is 7.51. The van der Waals surface area contributed by atoms with Gasteiger partial charge in [0.15, 0.2) is 0 Å². The number of hydrogen-bond acceptors (Lipinski definition) is 2. The van der Waals surface area contributed by atoms with Crippen molar-refractivity contribution in [2.75, 3.05) is 18.7 Å². The highest BCUT2D eigenvalue weighted by molar-refractivity contribution is 5.44. The van der Waals surface area contributed by atoms with Crippen LogP contribution in [0.4, 0.5) is 18.9 Å². The van der Waals surface area contributed by atoms with Gasteiger partial charge in [0.25, 0.3) is 0 Å². The first-order valence-electron chi connectivity index (χ1n) is 9.62. The second kappa shape index (κ2) is 12.4. The fourth-order valence-corrected chi connectivity index (χ4v) is 2.51. The Kier molecular flexibility index (Phi) is 10.7.